The van der Waals surface area contributed by atoms with Gasteiger partial charge in [-0.15, -0.1) is 12.4 Å². The number of nitro benzene ring substituents is 1. The van der Waals surface area contributed by atoms with Gasteiger partial charge in [0.2, 0.25) is 0 Å². The molecule has 2 rings (SSSR count). The topological polar surface area (TPSA) is 102 Å². The zero-order valence-electron chi connectivity index (χ0n) is 15.0. The van der Waals surface area contributed by atoms with E-state index in [-0.39, 0.29) is 31.2 Å². The molecule has 2 aromatic rings. The van der Waals surface area contributed by atoms with Gasteiger partial charge in [0.1, 0.15) is 12.4 Å². The number of ether oxygens (including phenoxy) is 1. The first-order chi connectivity index (χ1) is 12.4. The molecular formula is C19H23ClN2O5. The van der Waals surface area contributed by atoms with Crippen molar-refractivity contribution in [3.8, 4) is 5.75 Å². The third-order valence-corrected chi connectivity index (χ3v) is 3.80. The van der Waals surface area contributed by atoms with E-state index in [4.69, 9.17) is 9.84 Å². The Hall–Kier alpha value is -2.64. The van der Waals surface area contributed by atoms with Crippen LogP contribution in [0.5, 0.6) is 5.75 Å². The van der Waals surface area contributed by atoms with E-state index in [1.165, 1.54) is 12.1 Å². The van der Waals surface area contributed by atoms with Gasteiger partial charge in [-0.05, 0) is 42.1 Å². The summed E-state index contributed by atoms with van der Waals surface area (Å²) in [5.74, 6) is 0.144. The third-order valence-electron chi connectivity index (χ3n) is 3.80. The van der Waals surface area contributed by atoms with E-state index in [9.17, 15) is 14.9 Å². The molecule has 2 aromatic carbocycles. The lowest BCUT2D eigenvalue weighted by atomic mass is 10.0. The molecule has 0 amide bonds. The molecule has 0 unspecified atom stereocenters. The van der Waals surface area contributed by atoms with Crippen LogP contribution in [0.1, 0.15) is 18.1 Å². The Bertz CT molecular complexity index is 752. The van der Waals surface area contributed by atoms with Gasteiger partial charge in [0.05, 0.1) is 11.5 Å². The largest absolute Gasteiger partial charge is 0.489 e. The molecule has 8 heteroatoms. The third kappa shape index (κ3) is 8.06. The minimum atomic E-state index is -0.859. The molecule has 0 fully saturated rings. The van der Waals surface area contributed by atoms with Crippen LogP contribution in [0.25, 0.3) is 0 Å². The maximum atomic E-state index is 10.8. The summed E-state index contributed by atoms with van der Waals surface area (Å²) >= 11 is 0. The zero-order chi connectivity index (χ0) is 18.9. The zero-order valence-corrected chi connectivity index (χ0v) is 15.8. The number of carboxylic acids is 1. The first kappa shape index (κ1) is 22.4. The van der Waals surface area contributed by atoms with E-state index in [1.807, 2.05) is 24.3 Å². The molecule has 2 N–H and O–H groups in total. The fraction of sp³-hybridized carbons (Fsp3) is 0.316. The molecule has 0 radical (unpaired) electrons. The van der Waals surface area contributed by atoms with Crippen LogP contribution in [0.3, 0.4) is 0 Å². The van der Waals surface area contributed by atoms with E-state index in [2.05, 4.69) is 12.2 Å². The molecule has 0 bridgehead atoms. The molecule has 146 valence electrons. The first-order valence-electron chi connectivity index (χ1n) is 8.31. The summed E-state index contributed by atoms with van der Waals surface area (Å²) in [5.41, 5.74) is 1.92. The van der Waals surface area contributed by atoms with Crippen LogP contribution in [0, 0.1) is 16.0 Å². The summed E-state index contributed by atoms with van der Waals surface area (Å²) in [4.78, 5) is 20.8. The fourth-order valence-electron chi connectivity index (χ4n) is 2.55. The minimum absolute atomic E-state index is 0. The fourth-order valence-corrected chi connectivity index (χ4v) is 2.55. The van der Waals surface area contributed by atoms with Crippen LogP contribution < -0.4 is 10.1 Å². The Balaban J connectivity index is 0.00000364. The molecule has 0 aliphatic heterocycles. The second kappa shape index (κ2) is 11.2. The van der Waals surface area contributed by atoms with Crippen LogP contribution in [-0.4, -0.2) is 29.1 Å². The van der Waals surface area contributed by atoms with E-state index in [0.717, 1.165) is 17.5 Å². The van der Waals surface area contributed by atoms with Crippen LogP contribution in [0.2, 0.25) is 0 Å². The normalized spacial score (nSPS) is 11.3. The highest BCUT2D eigenvalue weighted by Gasteiger charge is 2.07. The second-order valence-electron chi connectivity index (χ2n) is 6.19. The highest BCUT2D eigenvalue weighted by molar-refractivity contribution is 5.85. The van der Waals surface area contributed by atoms with E-state index >= 15 is 0 Å². The van der Waals surface area contributed by atoms with Crippen LogP contribution in [-0.2, 0) is 17.8 Å². The van der Waals surface area contributed by atoms with E-state index in [1.54, 1.807) is 12.1 Å². The molecule has 0 aliphatic carbocycles. The Morgan fingerprint density at radius 1 is 1.22 bits per heavy atom. The summed E-state index contributed by atoms with van der Waals surface area (Å²) in [6.07, 6.45) is 0.831. The smallest absolute Gasteiger partial charge is 0.317 e. The second-order valence-corrected chi connectivity index (χ2v) is 6.19. The number of non-ortho nitro benzene ring substituents is 1. The number of hydrogen-bond acceptors (Lipinski definition) is 5. The van der Waals surface area contributed by atoms with Gasteiger partial charge in [-0.3, -0.25) is 14.9 Å². The van der Waals surface area contributed by atoms with Gasteiger partial charge in [-0.25, -0.2) is 0 Å². The van der Waals surface area contributed by atoms with Crippen molar-refractivity contribution in [1.82, 2.24) is 5.32 Å². The van der Waals surface area contributed by atoms with Crippen molar-refractivity contribution in [3.05, 3.63) is 69.8 Å². The first-order valence-corrected chi connectivity index (χ1v) is 8.31. The van der Waals surface area contributed by atoms with E-state index in [0.29, 0.717) is 18.2 Å². The average Bonchev–Trinajstić information content (AvgIpc) is 2.61. The number of aliphatic carboxylic acids is 1. The van der Waals surface area contributed by atoms with Crippen LogP contribution in [0.15, 0.2) is 48.5 Å². The highest BCUT2D eigenvalue weighted by atomic mass is 35.5. The number of nitrogens with one attached hydrogen (secondary N) is 1. The number of benzene rings is 2. The van der Waals surface area contributed by atoms with Gasteiger partial charge in [0.25, 0.3) is 5.69 Å². The van der Waals surface area contributed by atoms with Gasteiger partial charge < -0.3 is 15.2 Å². The lowest BCUT2D eigenvalue weighted by Crippen LogP contribution is -2.27. The predicted molar refractivity (Wildman–Crippen MR) is 104 cm³/mol. The maximum absolute atomic E-state index is 10.8. The molecular weight excluding hydrogens is 372 g/mol. The van der Waals surface area contributed by atoms with Crippen molar-refractivity contribution in [2.75, 3.05) is 13.1 Å². The molecule has 0 spiro atoms. The maximum Gasteiger partial charge on any atom is 0.317 e. The summed E-state index contributed by atoms with van der Waals surface area (Å²) in [6.45, 7) is 2.92. The summed E-state index contributed by atoms with van der Waals surface area (Å²) in [5, 5.41) is 22.3. The number of halogens is 1. The number of carbonyl (C=O) groups is 1. The standard InChI is InChI=1S/C19H22N2O5.ClH/c1-14(11-20-12-19(22)23)9-15-5-7-18(8-6-15)26-13-16-3-2-4-17(10-16)21(24)25;/h2-8,10,14,20H,9,11-13H2,1H3,(H,22,23);1H/t14-;/m1./s1. The van der Waals surface area contributed by atoms with Gasteiger partial charge in [-0.1, -0.05) is 31.2 Å². The number of rotatable bonds is 10. The number of nitrogens with zero attached hydrogens (tertiary/aromatic N) is 1. The van der Waals surface area contributed by atoms with Crippen LogP contribution >= 0.6 is 12.4 Å². The summed E-state index contributed by atoms with van der Waals surface area (Å²) in [6, 6.07) is 14.0. The van der Waals surface area contributed by atoms with Gasteiger partial charge in [-0.2, -0.15) is 0 Å². The molecule has 27 heavy (non-hydrogen) atoms. The lowest BCUT2D eigenvalue weighted by Gasteiger charge is -2.12. The lowest BCUT2D eigenvalue weighted by molar-refractivity contribution is -0.384. The number of carboxylic acid groups (broad SMARTS) is 1. The van der Waals surface area contributed by atoms with Crippen molar-refractivity contribution >= 4 is 24.1 Å². The van der Waals surface area contributed by atoms with Crippen molar-refractivity contribution in [2.45, 2.75) is 20.0 Å². The molecule has 0 saturated heterocycles. The predicted octanol–water partition coefficient (Wildman–Crippen LogP) is 3.45. The summed E-state index contributed by atoms with van der Waals surface area (Å²) < 4.78 is 5.68. The molecule has 0 heterocycles. The average molecular weight is 395 g/mol. The van der Waals surface area contributed by atoms with Gasteiger partial charge >= 0.3 is 5.97 Å². The quantitative estimate of drug-likeness (QED) is 0.472. The summed E-state index contributed by atoms with van der Waals surface area (Å²) in [7, 11) is 0. The monoisotopic (exact) mass is 394 g/mol. The van der Waals surface area contributed by atoms with Crippen molar-refractivity contribution in [1.29, 1.82) is 0 Å². The SMILES string of the molecule is C[C@@H](CNCC(=O)O)Cc1ccc(OCc2cccc([N+](=O)[O-])c2)cc1.Cl. The number of hydrogen-bond donors (Lipinski definition) is 2. The molecule has 0 aromatic heterocycles. The minimum Gasteiger partial charge on any atom is -0.489 e. The molecule has 1 atom stereocenters. The Kier molecular flexibility index (Phi) is 9.25. The van der Waals surface area contributed by atoms with Gasteiger partial charge in [0, 0.05) is 12.1 Å². The Labute approximate surface area is 163 Å². The Morgan fingerprint density at radius 2 is 1.93 bits per heavy atom. The van der Waals surface area contributed by atoms with Crippen LogP contribution in [0.4, 0.5) is 5.69 Å². The molecule has 0 saturated carbocycles. The molecule has 0 aliphatic rings. The van der Waals surface area contributed by atoms with Gasteiger partial charge in [0.15, 0.2) is 0 Å². The van der Waals surface area contributed by atoms with Crippen molar-refractivity contribution in [2.24, 2.45) is 5.92 Å². The number of nitro groups is 1. The van der Waals surface area contributed by atoms with E-state index < -0.39 is 10.9 Å². The Morgan fingerprint density at radius 3 is 2.56 bits per heavy atom. The highest BCUT2D eigenvalue weighted by Crippen LogP contribution is 2.18. The van der Waals surface area contributed by atoms with Crippen molar-refractivity contribution < 1.29 is 19.6 Å². The van der Waals surface area contributed by atoms with Crippen molar-refractivity contribution in [3.63, 3.8) is 0 Å². The molecule has 7 nitrogen and oxygen atoms in total.